The van der Waals surface area contributed by atoms with E-state index in [1.165, 1.54) is 24.3 Å². The Hall–Kier alpha value is -2.71. The van der Waals surface area contributed by atoms with Crippen molar-refractivity contribution < 1.29 is 26.3 Å². The van der Waals surface area contributed by atoms with Crippen LogP contribution in [0.2, 0.25) is 5.02 Å². The molecule has 0 aliphatic carbocycles. The van der Waals surface area contributed by atoms with E-state index >= 15 is 0 Å². The molecule has 0 bridgehead atoms. The van der Waals surface area contributed by atoms with Crippen molar-refractivity contribution in [2.24, 2.45) is 0 Å². The van der Waals surface area contributed by atoms with Crippen LogP contribution in [-0.2, 0) is 16.2 Å². The van der Waals surface area contributed by atoms with Gasteiger partial charge in [-0.15, -0.1) is 0 Å². The molecule has 4 nitrogen and oxygen atoms in total. The number of ether oxygens (including phenoxy) is 1. The summed E-state index contributed by atoms with van der Waals surface area (Å²) >= 11 is 5.55. The number of nitrogens with one attached hydrogen (secondary N) is 1. The fourth-order valence-electron chi connectivity index (χ4n) is 2.50. The van der Waals surface area contributed by atoms with Crippen LogP contribution >= 0.6 is 11.6 Å². The van der Waals surface area contributed by atoms with E-state index in [0.29, 0.717) is 17.6 Å². The second kappa shape index (κ2) is 7.96. The first kappa shape index (κ1) is 21.0. The minimum absolute atomic E-state index is 0.127. The number of halogens is 4. The Labute approximate surface area is 170 Å². The summed E-state index contributed by atoms with van der Waals surface area (Å²) in [6.45, 7) is 1.87. The number of aryl methyl sites for hydroxylation is 1. The molecule has 0 saturated heterocycles. The lowest BCUT2D eigenvalue weighted by atomic mass is 10.2. The zero-order valence-corrected chi connectivity index (χ0v) is 16.6. The molecule has 3 aromatic rings. The number of hydrogen-bond acceptors (Lipinski definition) is 3. The molecule has 0 fully saturated rings. The Bertz CT molecular complexity index is 1130. The minimum atomic E-state index is -4.70. The maximum atomic E-state index is 13.0. The summed E-state index contributed by atoms with van der Waals surface area (Å²) in [5.74, 6) is 1.05. The third-order valence-electron chi connectivity index (χ3n) is 3.98. The molecule has 0 aliphatic rings. The van der Waals surface area contributed by atoms with Crippen LogP contribution in [0.25, 0.3) is 0 Å². The first-order chi connectivity index (χ1) is 13.6. The summed E-state index contributed by atoms with van der Waals surface area (Å²) in [6, 6.07) is 15.7. The predicted octanol–water partition coefficient (Wildman–Crippen LogP) is 6.26. The van der Waals surface area contributed by atoms with Crippen molar-refractivity contribution in [2.75, 3.05) is 4.72 Å². The van der Waals surface area contributed by atoms with Gasteiger partial charge in [0.15, 0.2) is 0 Å². The van der Waals surface area contributed by atoms with Crippen LogP contribution in [0.3, 0.4) is 0 Å². The van der Waals surface area contributed by atoms with Crippen molar-refractivity contribution in [3.63, 3.8) is 0 Å². The number of hydrogen-bond donors (Lipinski definition) is 1. The Morgan fingerprint density at radius 2 is 1.62 bits per heavy atom. The van der Waals surface area contributed by atoms with Gasteiger partial charge in [0.2, 0.25) is 0 Å². The fourth-order valence-corrected chi connectivity index (χ4v) is 3.78. The van der Waals surface area contributed by atoms with Crippen LogP contribution in [0.1, 0.15) is 11.1 Å². The third kappa shape index (κ3) is 5.02. The molecule has 0 unspecified atom stereocenters. The molecule has 3 rings (SSSR count). The normalized spacial score (nSPS) is 11.9. The Balaban J connectivity index is 1.81. The van der Waals surface area contributed by atoms with Gasteiger partial charge in [0.25, 0.3) is 10.0 Å². The fraction of sp³-hybridized carbons (Fsp3) is 0.100. The number of benzene rings is 3. The van der Waals surface area contributed by atoms with Gasteiger partial charge in [0.05, 0.1) is 15.5 Å². The van der Waals surface area contributed by atoms with Gasteiger partial charge in [0.1, 0.15) is 11.5 Å². The minimum Gasteiger partial charge on any atom is -0.457 e. The summed E-state index contributed by atoms with van der Waals surface area (Å²) in [7, 11) is -4.10. The molecular formula is C20H15ClF3NO3S. The van der Waals surface area contributed by atoms with Crippen LogP contribution in [0.15, 0.2) is 71.6 Å². The van der Waals surface area contributed by atoms with Gasteiger partial charge in [-0.25, -0.2) is 8.42 Å². The van der Waals surface area contributed by atoms with Crippen molar-refractivity contribution in [3.05, 3.63) is 82.9 Å². The highest BCUT2D eigenvalue weighted by atomic mass is 35.5. The molecule has 0 spiro atoms. The van der Waals surface area contributed by atoms with Crippen LogP contribution < -0.4 is 9.46 Å². The second-order valence-corrected chi connectivity index (χ2v) is 8.23. The first-order valence-corrected chi connectivity index (χ1v) is 10.2. The van der Waals surface area contributed by atoms with Gasteiger partial charge >= 0.3 is 6.18 Å². The Morgan fingerprint density at radius 3 is 2.24 bits per heavy atom. The molecule has 0 saturated carbocycles. The molecule has 0 atom stereocenters. The summed E-state index contributed by atoms with van der Waals surface area (Å²) in [6.07, 6.45) is -4.70. The number of rotatable bonds is 5. The van der Waals surface area contributed by atoms with Gasteiger partial charge in [-0.05, 0) is 61.0 Å². The van der Waals surface area contributed by atoms with E-state index < -0.39 is 26.8 Å². The number of sulfonamides is 1. The van der Waals surface area contributed by atoms with Crippen LogP contribution in [0, 0.1) is 6.92 Å². The van der Waals surface area contributed by atoms with E-state index in [2.05, 4.69) is 4.72 Å². The third-order valence-corrected chi connectivity index (χ3v) is 5.71. The van der Waals surface area contributed by atoms with Crippen LogP contribution in [0.5, 0.6) is 11.5 Å². The SMILES string of the molecule is Cc1ccccc1Oc1ccc(S(=O)(=O)Nc2ccc(Cl)c(C(F)(F)F)c2)cc1. The second-order valence-electron chi connectivity index (χ2n) is 6.14. The van der Waals surface area contributed by atoms with Crippen molar-refractivity contribution >= 4 is 27.3 Å². The molecule has 152 valence electrons. The van der Waals surface area contributed by atoms with Crippen LogP contribution in [0.4, 0.5) is 18.9 Å². The standard InChI is InChI=1S/C20H15ClF3NO3S/c1-13-4-2-3-5-19(13)28-15-7-9-16(10-8-15)29(26,27)25-14-6-11-18(21)17(12-14)20(22,23)24/h2-12,25H,1H3. The monoisotopic (exact) mass is 441 g/mol. The average Bonchev–Trinajstić information content (AvgIpc) is 2.64. The lowest BCUT2D eigenvalue weighted by molar-refractivity contribution is -0.137. The molecule has 1 N–H and O–H groups in total. The van der Waals surface area contributed by atoms with Gasteiger partial charge < -0.3 is 4.74 Å². The van der Waals surface area contributed by atoms with Gasteiger partial charge in [-0.1, -0.05) is 29.8 Å². The van der Waals surface area contributed by atoms with E-state index in [-0.39, 0.29) is 10.6 Å². The number of anilines is 1. The Morgan fingerprint density at radius 1 is 0.966 bits per heavy atom. The Kier molecular flexibility index (Phi) is 5.77. The summed E-state index contributed by atoms with van der Waals surface area (Å²) < 4.78 is 71.7. The zero-order chi connectivity index (χ0) is 21.2. The first-order valence-electron chi connectivity index (χ1n) is 8.29. The largest absolute Gasteiger partial charge is 0.457 e. The quantitative estimate of drug-likeness (QED) is 0.508. The average molecular weight is 442 g/mol. The van der Waals surface area contributed by atoms with Gasteiger partial charge in [0, 0.05) is 5.69 Å². The highest BCUT2D eigenvalue weighted by molar-refractivity contribution is 7.92. The van der Waals surface area contributed by atoms with E-state index in [4.69, 9.17) is 16.3 Å². The zero-order valence-electron chi connectivity index (χ0n) is 15.0. The molecule has 3 aromatic carbocycles. The molecule has 0 aliphatic heterocycles. The summed E-state index contributed by atoms with van der Waals surface area (Å²) in [4.78, 5) is -0.127. The molecule has 0 aromatic heterocycles. The maximum absolute atomic E-state index is 13.0. The van der Waals surface area contributed by atoms with E-state index in [1.54, 1.807) is 6.07 Å². The van der Waals surface area contributed by atoms with Gasteiger partial charge in [-0.3, -0.25) is 4.72 Å². The summed E-state index contributed by atoms with van der Waals surface area (Å²) in [5, 5.41) is -0.516. The number of alkyl halides is 3. The van der Waals surface area contributed by atoms with E-state index in [0.717, 1.165) is 17.7 Å². The maximum Gasteiger partial charge on any atom is 0.417 e. The molecule has 29 heavy (non-hydrogen) atoms. The molecule has 0 heterocycles. The van der Waals surface area contributed by atoms with Gasteiger partial charge in [-0.2, -0.15) is 13.2 Å². The highest BCUT2D eigenvalue weighted by Gasteiger charge is 2.33. The number of para-hydroxylation sites is 1. The van der Waals surface area contributed by atoms with Crippen molar-refractivity contribution in [1.82, 2.24) is 0 Å². The topological polar surface area (TPSA) is 55.4 Å². The lowest BCUT2D eigenvalue weighted by Gasteiger charge is -2.13. The smallest absolute Gasteiger partial charge is 0.417 e. The highest BCUT2D eigenvalue weighted by Crippen LogP contribution is 2.36. The predicted molar refractivity (Wildman–Crippen MR) is 105 cm³/mol. The van der Waals surface area contributed by atoms with Crippen molar-refractivity contribution in [3.8, 4) is 11.5 Å². The lowest BCUT2D eigenvalue weighted by Crippen LogP contribution is -2.14. The van der Waals surface area contributed by atoms with Crippen molar-refractivity contribution in [1.29, 1.82) is 0 Å². The molecule has 9 heteroatoms. The van der Waals surface area contributed by atoms with Crippen molar-refractivity contribution in [2.45, 2.75) is 18.0 Å². The van der Waals surface area contributed by atoms with E-state index in [9.17, 15) is 21.6 Å². The molecule has 0 amide bonds. The molecular weight excluding hydrogens is 427 g/mol. The van der Waals surface area contributed by atoms with Crippen LogP contribution in [-0.4, -0.2) is 8.42 Å². The molecule has 0 radical (unpaired) electrons. The summed E-state index contributed by atoms with van der Waals surface area (Å²) in [5.41, 5.74) is -0.461. The van der Waals surface area contributed by atoms with E-state index in [1.807, 2.05) is 25.1 Å².